The average Bonchev–Trinajstić information content (AvgIpc) is 3.29. The number of primary sulfonamides is 1. The third kappa shape index (κ3) is 4.15. The molecule has 3 heterocycles. The summed E-state index contributed by atoms with van der Waals surface area (Å²) in [5.74, 6) is -0.993. The number of imidazole rings is 1. The summed E-state index contributed by atoms with van der Waals surface area (Å²) < 4.78 is 40.9. The molecule has 178 valence electrons. The summed E-state index contributed by atoms with van der Waals surface area (Å²) in [7, 11) is -4.07. The zero-order valence-electron chi connectivity index (χ0n) is 18.3. The number of hydrogen-bond donors (Lipinski definition) is 3. The maximum atomic E-state index is 15.3. The van der Waals surface area contributed by atoms with E-state index >= 15 is 4.39 Å². The summed E-state index contributed by atoms with van der Waals surface area (Å²) in [5, 5.41) is 8.34. The second-order valence-electron chi connectivity index (χ2n) is 8.12. The number of nitrogens with one attached hydrogen (secondary N) is 1. The van der Waals surface area contributed by atoms with Crippen molar-refractivity contribution >= 4 is 15.8 Å². The Bertz CT molecular complexity index is 1570. The summed E-state index contributed by atoms with van der Waals surface area (Å²) in [6.07, 6.45) is 4.08. The number of halogens is 1. The number of Topliss-reactive ketones (excluding diaryl/α,β-unsaturated/α-hetero) is 1. The number of hydrogen-bond acceptors (Lipinski definition) is 7. The third-order valence-electron chi connectivity index (χ3n) is 5.95. The number of benzene rings is 2. The molecule has 2 aromatic heterocycles. The highest BCUT2D eigenvalue weighted by Gasteiger charge is 2.34. The molecule has 2 aromatic carbocycles. The smallest absolute Gasteiger partial charge is 0.240 e. The van der Waals surface area contributed by atoms with Gasteiger partial charge in [-0.3, -0.25) is 19.7 Å². The second-order valence-corrected chi connectivity index (χ2v) is 9.65. The molecule has 35 heavy (non-hydrogen) atoms. The number of rotatable bonds is 5. The van der Waals surface area contributed by atoms with Crippen LogP contribution in [0.25, 0.3) is 16.8 Å². The van der Waals surface area contributed by atoms with Gasteiger partial charge in [-0.25, -0.2) is 22.9 Å². The molecule has 0 saturated carbocycles. The van der Waals surface area contributed by atoms with E-state index in [1.807, 2.05) is 24.3 Å². The van der Waals surface area contributed by atoms with Crippen molar-refractivity contribution in [2.45, 2.75) is 24.0 Å². The lowest BCUT2D eigenvalue weighted by Crippen LogP contribution is -2.36. The van der Waals surface area contributed by atoms with Crippen LogP contribution in [0.3, 0.4) is 0 Å². The van der Waals surface area contributed by atoms with Gasteiger partial charge in [-0.2, -0.15) is 0 Å². The van der Waals surface area contributed by atoms with E-state index in [0.717, 1.165) is 17.4 Å². The summed E-state index contributed by atoms with van der Waals surface area (Å²) >= 11 is 0. The zero-order valence-corrected chi connectivity index (χ0v) is 19.2. The number of fused-ring (bicyclic) bond motifs is 1. The summed E-state index contributed by atoms with van der Waals surface area (Å²) in [6.45, 7) is 0.626. The number of nitrogens with two attached hydrogens (primary N) is 2. The molecule has 1 aliphatic heterocycles. The highest BCUT2D eigenvalue weighted by atomic mass is 32.2. The molecule has 1 atom stereocenters. The van der Waals surface area contributed by atoms with E-state index in [1.54, 1.807) is 17.0 Å². The molecular weight excluding hydrogens is 471 g/mol. The molecule has 0 bridgehead atoms. The van der Waals surface area contributed by atoms with Gasteiger partial charge in [-0.05, 0) is 35.4 Å². The van der Waals surface area contributed by atoms with Crippen molar-refractivity contribution in [1.82, 2.24) is 19.9 Å². The van der Waals surface area contributed by atoms with Crippen LogP contribution in [-0.4, -0.2) is 28.7 Å². The Kier molecular flexibility index (Phi) is 5.77. The molecule has 0 saturated heterocycles. The number of carbonyl (C=O) groups excluding carboxylic acids is 1. The molecule has 5 rings (SSSR count). The van der Waals surface area contributed by atoms with Crippen molar-refractivity contribution in [3.63, 3.8) is 0 Å². The zero-order chi connectivity index (χ0) is 24.7. The van der Waals surface area contributed by atoms with Crippen LogP contribution < -0.4 is 16.2 Å². The van der Waals surface area contributed by atoms with Gasteiger partial charge in [-0.1, -0.05) is 24.3 Å². The fraction of sp³-hybridized carbons (Fsp3) is 0.125. The van der Waals surface area contributed by atoms with Gasteiger partial charge in [0, 0.05) is 42.3 Å². The molecule has 0 radical (unpaired) electrons. The van der Waals surface area contributed by atoms with Gasteiger partial charge in [0.2, 0.25) is 15.8 Å². The number of aromatic nitrogens is 3. The normalized spacial score (nSPS) is 15.7. The van der Waals surface area contributed by atoms with Crippen LogP contribution in [0, 0.1) is 5.82 Å². The molecule has 0 aliphatic carbocycles. The monoisotopic (exact) mass is 492 g/mol. The van der Waals surface area contributed by atoms with Gasteiger partial charge in [0.25, 0.3) is 0 Å². The van der Waals surface area contributed by atoms with Crippen LogP contribution in [0.15, 0.2) is 72.1 Å². The van der Waals surface area contributed by atoms with Crippen molar-refractivity contribution in [1.29, 1.82) is 0 Å². The van der Waals surface area contributed by atoms with E-state index in [4.69, 9.17) is 10.9 Å². The Balaban J connectivity index is 1.52. The van der Waals surface area contributed by atoms with Gasteiger partial charge in [-0.15, -0.1) is 0 Å². The molecule has 11 heteroatoms. The highest BCUT2D eigenvalue weighted by molar-refractivity contribution is 7.89. The van der Waals surface area contributed by atoms with Crippen LogP contribution in [0.2, 0.25) is 0 Å². The molecule has 9 nitrogen and oxygen atoms in total. The first-order chi connectivity index (χ1) is 16.8. The number of pyridine rings is 1. The first kappa shape index (κ1) is 23.0. The predicted molar refractivity (Wildman–Crippen MR) is 126 cm³/mol. The summed E-state index contributed by atoms with van der Waals surface area (Å²) in [6, 6.07) is 12.2. The maximum Gasteiger partial charge on any atom is 0.240 e. The average molecular weight is 493 g/mol. The number of ketones is 1. The van der Waals surface area contributed by atoms with Crippen molar-refractivity contribution in [2.24, 2.45) is 10.9 Å². The van der Waals surface area contributed by atoms with E-state index in [2.05, 4.69) is 15.3 Å². The Hall–Kier alpha value is -3.77. The molecule has 4 aromatic rings. The largest absolute Gasteiger partial charge is 0.326 e. The van der Waals surface area contributed by atoms with Crippen molar-refractivity contribution in [2.75, 3.05) is 0 Å². The SMILES string of the molecule is NCc1cccc(-n2cnc3c2C(=O)C(c2ccc(-c4ccncc4S(N)(=O)=O)cc2F)NC3)c1. The number of nitrogens with zero attached hydrogens (tertiary/aromatic N) is 3. The van der Waals surface area contributed by atoms with Crippen molar-refractivity contribution in [3.8, 4) is 16.8 Å². The lowest BCUT2D eigenvalue weighted by molar-refractivity contribution is 0.0920. The van der Waals surface area contributed by atoms with Gasteiger partial charge in [0.15, 0.2) is 0 Å². The fourth-order valence-corrected chi connectivity index (χ4v) is 4.96. The second kappa shape index (κ2) is 8.78. The van der Waals surface area contributed by atoms with E-state index in [-0.39, 0.29) is 28.4 Å². The minimum absolute atomic E-state index is 0.138. The van der Waals surface area contributed by atoms with Crippen LogP contribution >= 0.6 is 0 Å². The minimum Gasteiger partial charge on any atom is -0.326 e. The van der Waals surface area contributed by atoms with E-state index in [0.29, 0.717) is 23.5 Å². The molecule has 0 amide bonds. The summed E-state index contributed by atoms with van der Waals surface area (Å²) in [4.78, 5) is 21.4. The van der Waals surface area contributed by atoms with Crippen LogP contribution in [0.5, 0.6) is 0 Å². The Morgan fingerprint density at radius 1 is 1.17 bits per heavy atom. The first-order valence-corrected chi connectivity index (χ1v) is 12.2. The molecular formula is C24H21FN6O3S. The molecule has 0 spiro atoms. The molecule has 1 unspecified atom stereocenters. The highest BCUT2D eigenvalue weighted by Crippen LogP contribution is 2.32. The van der Waals surface area contributed by atoms with E-state index < -0.39 is 21.9 Å². The maximum absolute atomic E-state index is 15.3. The molecule has 5 N–H and O–H groups in total. The molecule has 0 fully saturated rings. The van der Waals surface area contributed by atoms with E-state index in [9.17, 15) is 13.2 Å². The van der Waals surface area contributed by atoms with Crippen LogP contribution in [0.4, 0.5) is 4.39 Å². The standard InChI is InChI=1S/C24H21FN6O3S/c25-19-9-15(17-6-7-28-12-21(17)35(27,33)34)4-5-18(19)22-24(32)23-20(11-29-22)30-13-31(23)16-3-1-2-14(8-16)10-26/h1-9,12-13,22,29H,10-11,26H2,(H2,27,33,34). The van der Waals surface area contributed by atoms with E-state index in [1.165, 1.54) is 24.4 Å². The van der Waals surface area contributed by atoms with Crippen molar-refractivity contribution in [3.05, 3.63) is 95.6 Å². The van der Waals surface area contributed by atoms with Crippen LogP contribution in [0.1, 0.15) is 33.4 Å². The number of carbonyl (C=O) groups is 1. The summed E-state index contributed by atoms with van der Waals surface area (Å²) in [5.41, 5.74) is 8.98. The predicted octanol–water partition coefficient (Wildman–Crippen LogP) is 2.21. The number of sulfonamides is 1. The van der Waals surface area contributed by atoms with Gasteiger partial charge < -0.3 is 5.73 Å². The Morgan fingerprint density at radius 3 is 2.74 bits per heavy atom. The quantitative estimate of drug-likeness (QED) is 0.387. The lowest BCUT2D eigenvalue weighted by atomic mass is 9.94. The van der Waals surface area contributed by atoms with Gasteiger partial charge >= 0.3 is 0 Å². The van der Waals surface area contributed by atoms with Gasteiger partial charge in [0.05, 0.1) is 5.69 Å². The minimum atomic E-state index is -4.07. The van der Waals surface area contributed by atoms with Gasteiger partial charge in [0.1, 0.15) is 28.8 Å². The van der Waals surface area contributed by atoms with Crippen molar-refractivity contribution < 1.29 is 17.6 Å². The third-order valence-corrected chi connectivity index (χ3v) is 6.89. The Morgan fingerprint density at radius 2 is 2.00 bits per heavy atom. The first-order valence-electron chi connectivity index (χ1n) is 10.7. The fourth-order valence-electron chi connectivity index (χ4n) is 4.26. The molecule has 1 aliphatic rings. The topological polar surface area (TPSA) is 146 Å². The Labute approximate surface area is 200 Å². The lowest BCUT2D eigenvalue weighted by Gasteiger charge is -2.24. The van der Waals surface area contributed by atoms with Crippen LogP contribution in [-0.2, 0) is 23.1 Å².